The first kappa shape index (κ1) is 12.5. The molecule has 0 saturated carbocycles. The number of rotatable bonds is 3. The van der Waals surface area contributed by atoms with Crippen LogP contribution in [0.25, 0.3) is 0 Å². The van der Waals surface area contributed by atoms with Crippen molar-refractivity contribution in [2.24, 2.45) is 11.8 Å². The molecular formula is C14H23N3S. The van der Waals surface area contributed by atoms with Crippen molar-refractivity contribution in [3.05, 3.63) is 11.3 Å². The summed E-state index contributed by atoms with van der Waals surface area (Å²) in [4.78, 5) is 2.66. The Balaban J connectivity index is 1.75. The van der Waals surface area contributed by atoms with Crippen LogP contribution in [0.15, 0.2) is 5.03 Å². The second-order valence-electron chi connectivity index (χ2n) is 5.71. The number of fused-ring (bicyclic) bond motifs is 2. The Bertz CT molecular complexity index is 415. The van der Waals surface area contributed by atoms with Gasteiger partial charge in [-0.1, -0.05) is 6.92 Å². The van der Waals surface area contributed by atoms with Crippen LogP contribution in [0, 0.1) is 11.8 Å². The lowest BCUT2D eigenvalue weighted by atomic mass is 9.74. The number of nitrogens with zero attached hydrogens (tertiary/aromatic N) is 2. The highest BCUT2D eigenvalue weighted by atomic mass is 32.2. The first-order chi connectivity index (χ1) is 8.81. The summed E-state index contributed by atoms with van der Waals surface area (Å²) in [7, 11) is 0. The highest BCUT2D eigenvalue weighted by Crippen LogP contribution is 2.37. The Labute approximate surface area is 114 Å². The summed E-state index contributed by atoms with van der Waals surface area (Å²) in [5.74, 6) is 1.75. The van der Waals surface area contributed by atoms with Gasteiger partial charge in [0.2, 0.25) is 0 Å². The molecule has 1 N–H and O–H groups in total. The molecule has 1 saturated heterocycles. The number of aromatic nitrogens is 2. The number of aromatic amines is 1. The fourth-order valence-electron chi connectivity index (χ4n) is 3.63. The van der Waals surface area contributed by atoms with Crippen LogP contribution in [0.4, 0.5) is 0 Å². The molecule has 0 radical (unpaired) electrons. The van der Waals surface area contributed by atoms with E-state index >= 15 is 0 Å². The number of hydrogen-bond acceptors (Lipinski definition) is 3. The van der Waals surface area contributed by atoms with Gasteiger partial charge in [-0.3, -0.25) is 5.10 Å². The summed E-state index contributed by atoms with van der Waals surface area (Å²) in [6.45, 7) is 6.16. The lowest BCUT2D eigenvalue weighted by molar-refractivity contribution is 0.111. The minimum absolute atomic E-state index is 0.862. The molecule has 2 atom stereocenters. The van der Waals surface area contributed by atoms with Gasteiger partial charge in [0.1, 0.15) is 5.03 Å². The molecule has 0 spiro atoms. The van der Waals surface area contributed by atoms with Gasteiger partial charge >= 0.3 is 0 Å². The summed E-state index contributed by atoms with van der Waals surface area (Å²) >= 11 is 1.78. The highest BCUT2D eigenvalue weighted by molar-refractivity contribution is 7.98. The van der Waals surface area contributed by atoms with Crippen molar-refractivity contribution in [2.45, 2.75) is 37.6 Å². The average molecular weight is 265 g/mol. The van der Waals surface area contributed by atoms with E-state index in [4.69, 9.17) is 0 Å². The number of H-pyrrole nitrogens is 1. The van der Waals surface area contributed by atoms with Crippen LogP contribution in [-0.2, 0) is 12.8 Å². The molecule has 18 heavy (non-hydrogen) atoms. The smallest absolute Gasteiger partial charge is 0.121 e. The summed E-state index contributed by atoms with van der Waals surface area (Å²) in [5, 5.41) is 8.95. The van der Waals surface area contributed by atoms with E-state index in [0.717, 1.165) is 11.8 Å². The van der Waals surface area contributed by atoms with Crippen LogP contribution >= 0.6 is 11.8 Å². The topological polar surface area (TPSA) is 31.9 Å². The van der Waals surface area contributed by atoms with Crippen LogP contribution in [0.5, 0.6) is 0 Å². The van der Waals surface area contributed by atoms with Gasteiger partial charge in [-0.25, -0.2) is 0 Å². The van der Waals surface area contributed by atoms with Crippen molar-refractivity contribution in [1.82, 2.24) is 15.1 Å². The van der Waals surface area contributed by atoms with Gasteiger partial charge in [0.05, 0.1) is 0 Å². The van der Waals surface area contributed by atoms with E-state index in [-0.39, 0.29) is 0 Å². The molecule has 1 aliphatic carbocycles. The van der Waals surface area contributed by atoms with Crippen molar-refractivity contribution in [2.75, 3.05) is 25.9 Å². The first-order valence-electron chi connectivity index (χ1n) is 7.14. The number of piperidine rings is 1. The van der Waals surface area contributed by atoms with Gasteiger partial charge in [-0.2, -0.15) is 5.10 Å². The minimum Gasteiger partial charge on any atom is -0.303 e. The van der Waals surface area contributed by atoms with Gasteiger partial charge in [-0.15, -0.1) is 11.8 Å². The number of nitrogens with one attached hydrogen (secondary N) is 1. The largest absolute Gasteiger partial charge is 0.303 e. The highest BCUT2D eigenvalue weighted by Gasteiger charge is 2.35. The Morgan fingerprint density at radius 3 is 3.06 bits per heavy atom. The maximum atomic E-state index is 4.45. The zero-order valence-corrected chi connectivity index (χ0v) is 12.2. The standard InChI is InChI=1S/C14H23N3S/c1-3-5-17-6-4-10-8-13-12(7-11(10)9-17)14(18-2)16-15-13/h10-11H,3-9H2,1-2H3,(H,15,16). The fourth-order valence-corrected chi connectivity index (χ4v) is 4.22. The third-order valence-electron chi connectivity index (χ3n) is 4.56. The molecule has 2 aliphatic rings. The zero-order valence-electron chi connectivity index (χ0n) is 11.4. The van der Waals surface area contributed by atoms with Crippen LogP contribution in [0.2, 0.25) is 0 Å². The number of thioether (sulfide) groups is 1. The minimum atomic E-state index is 0.862. The molecule has 4 heteroatoms. The monoisotopic (exact) mass is 265 g/mol. The lowest BCUT2D eigenvalue weighted by Crippen LogP contribution is -2.44. The maximum absolute atomic E-state index is 4.45. The molecule has 1 fully saturated rings. The molecule has 2 unspecified atom stereocenters. The molecule has 0 bridgehead atoms. The predicted molar refractivity (Wildman–Crippen MR) is 76.1 cm³/mol. The van der Waals surface area contributed by atoms with Crippen LogP contribution in [-0.4, -0.2) is 41.0 Å². The second-order valence-corrected chi connectivity index (χ2v) is 6.50. The normalized spacial score (nSPS) is 27.9. The maximum Gasteiger partial charge on any atom is 0.121 e. The molecule has 0 aromatic carbocycles. The summed E-state index contributed by atoms with van der Waals surface area (Å²) in [5.41, 5.74) is 2.94. The van der Waals surface area contributed by atoms with E-state index < -0.39 is 0 Å². The molecule has 1 aliphatic heterocycles. The molecule has 1 aromatic rings. The van der Waals surface area contributed by atoms with Gasteiger partial charge in [0.25, 0.3) is 0 Å². The number of likely N-dealkylation sites (tertiary alicyclic amines) is 1. The van der Waals surface area contributed by atoms with E-state index in [1.807, 2.05) is 0 Å². The Morgan fingerprint density at radius 1 is 1.39 bits per heavy atom. The zero-order chi connectivity index (χ0) is 12.5. The van der Waals surface area contributed by atoms with Gasteiger partial charge in [-0.05, 0) is 56.9 Å². The van der Waals surface area contributed by atoms with Crippen molar-refractivity contribution in [3.63, 3.8) is 0 Å². The fraction of sp³-hybridized carbons (Fsp3) is 0.786. The molecular weight excluding hydrogens is 242 g/mol. The van der Waals surface area contributed by atoms with Crippen molar-refractivity contribution < 1.29 is 0 Å². The van der Waals surface area contributed by atoms with E-state index in [9.17, 15) is 0 Å². The van der Waals surface area contributed by atoms with Crippen molar-refractivity contribution in [3.8, 4) is 0 Å². The molecule has 1 aromatic heterocycles. The van der Waals surface area contributed by atoms with E-state index in [0.29, 0.717) is 0 Å². The van der Waals surface area contributed by atoms with Gasteiger partial charge in [0, 0.05) is 17.8 Å². The van der Waals surface area contributed by atoms with Crippen LogP contribution < -0.4 is 0 Å². The summed E-state index contributed by atoms with van der Waals surface area (Å²) < 4.78 is 0. The van der Waals surface area contributed by atoms with Crippen molar-refractivity contribution in [1.29, 1.82) is 0 Å². The predicted octanol–water partition coefficient (Wildman–Crippen LogP) is 2.58. The first-order valence-corrected chi connectivity index (χ1v) is 8.36. The number of hydrogen-bond donors (Lipinski definition) is 1. The Hall–Kier alpha value is -0.480. The SMILES string of the molecule is CCCN1CCC2Cc3[nH]nc(SC)c3CC2C1. The van der Waals surface area contributed by atoms with Crippen LogP contribution in [0.3, 0.4) is 0 Å². The van der Waals surface area contributed by atoms with Gasteiger partial charge in [0.15, 0.2) is 0 Å². The molecule has 100 valence electrons. The third-order valence-corrected chi connectivity index (χ3v) is 5.28. The van der Waals surface area contributed by atoms with E-state index in [1.165, 1.54) is 61.6 Å². The Kier molecular flexibility index (Phi) is 3.66. The quantitative estimate of drug-likeness (QED) is 0.853. The Morgan fingerprint density at radius 2 is 2.28 bits per heavy atom. The summed E-state index contributed by atoms with van der Waals surface area (Å²) in [6, 6.07) is 0. The van der Waals surface area contributed by atoms with E-state index in [2.05, 4.69) is 28.3 Å². The third kappa shape index (κ3) is 2.21. The lowest BCUT2D eigenvalue weighted by Gasteiger charge is -2.41. The van der Waals surface area contributed by atoms with E-state index in [1.54, 1.807) is 11.8 Å². The summed E-state index contributed by atoms with van der Waals surface area (Å²) in [6.07, 6.45) is 7.26. The van der Waals surface area contributed by atoms with Crippen LogP contribution in [0.1, 0.15) is 31.0 Å². The molecule has 3 nitrogen and oxygen atoms in total. The second kappa shape index (κ2) is 5.25. The van der Waals surface area contributed by atoms with Crippen molar-refractivity contribution >= 4 is 11.8 Å². The van der Waals surface area contributed by atoms with Gasteiger partial charge < -0.3 is 4.90 Å². The molecule has 0 amide bonds. The average Bonchev–Trinajstić information content (AvgIpc) is 2.78. The molecule has 3 rings (SSSR count). The molecule has 2 heterocycles.